The lowest BCUT2D eigenvalue weighted by atomic mass is 10.1. The predicted octanol–water partition coefficient (Wildman–Crippen LogP) is 5.79. The van der Waals surface area contributed by atoms with Gasteiger partial charge in [-0.3, -0.25) is 14.4 Å². The second-order valence-corrected chi connectivity index (χ2v) is 9.37. The SMILES string of the molecule is Nc1c(C(=O)c2ccccc2)sc(SCC(=O)c2ccccc2)c1C(=O)Nc1ccccc1. The Bertz CT molecular complexity index is 1290. The molecule has 7 heteroatoms. The van der Waals surface area contributed by atoms with Gasteiger partial charge in [-0.05, 0) is 12.1 Å². The van der Waals surface area contributed by atoms with E-state index in [4.69, 9.17) is 5.73 Å². The number of thioether (sulfide) groups is 1. The molecule has 4 rings (SSSR count). The minimum absolute atomic E-state index is 0.0714. The van der Waals surface area contributed by atoms with Gasteiger partial charge in [-0.1, -0.05) is 78.9 Å². The Kier molecular flexibility index (Phi) is 7.02. The van der Waals surface area contributed by atoms with Crippen LogP contribution in [0, 0.1) is 0 Å². The first-order valence-electron chi connectivity index (χ1n) is 10.1. The van der Waals surface area contributed by atoms with Crippen LogP contribution in [0.2, 0.25) is 0 Å². The minimum atomic E-state index is -0.420. The number of anilines is 2. The number of carbonyl (C=O) groups is 3. The monoisotopic (exact) mass is 472 g/mol. The van der Waals surface area contributed by atoms with Gasteiger partial charge >= 0.3 is 0 Å². The van der Waals surface area contributed by atoms with Crippen LogP contribution in [0.1, 0.15) is 36.0 Å². The van der Waals surface area contributed by atoms with Crippen LogP contribution >= 0.6 is 23.1 Å². The molecule has 5 nitrogen and oxygen atoms in total. The zero-order valence-corrected chi connectivity index (χ0v) is 19.1. The van der Waals surface area contributed by atoms with Gasteiger partial charge in [0.15, 0.2) is 5.78 Å². The lowest BCUT2D eigenvalue weighted by molar-refractivity contribution is 0.101. The highest BCUT2D eigenvalue weighted by atomic mass is 32.2. The van der Waals surface area contributed by atoms with E-state index in [0.717, 1.165) is 11.3 Å². The highest BCUT2D eigenvalue weighted by molar-refractivity contribution is 8.01. The summed E-state index contributed by atoms with van der Waals surface area (Å²) in [6.07, 6.45) is 0. The number of rotatable bonds is 8. The Morgan fingerprint density at radius 1 is 0.788 bits per heavy atom. The molecule has 0 atom stereocenters. The highest BCUT2D eigenvalue weighted by Gasteiger charge is 2.27. The molecule has 1 amide bonds. The van der Waals surface area contributed by atoms with Crippen molar-refractivity contribution in [3.05, 3.63) is 113 Å². The van der Waals surface area contributed by atoms with E-state index in [1.807, 2.05) is 30.3 Å². The molecule has 0 saturated carbocycles. The molecule has 3 N–H and O–H groups in total. The van der Waals surface area contributed by atoms with E-state index in [2.05, 4.69) is 5.32 Å². The van der Waals surface area contributed by atoms with Crippen LogP contribution in [-0.4, -0.2) is 23.2 Å². The predicted molar refractivity (Wildman–Crippen MR) is 134 cm³/mol. The maximum atomic E-state index is 13.1. The molecule has 0 saturated heterocycles. The third kappa shape index (κ3) is 5.22. The Morgan fingerprint density at radius 3 is 1.94 bits per heavy atom. The van der Waals surface area contributed by atoms with Gasteiger partial charge in [0.1, 0.15) is 0 Å². The van der Waals surface area contributed by atoms with Crippen LogP contribution in [0.15, 0.2) is 95.2 Å². The summed E-state index contributed by atoms with van der Waals surface area (Å²) in [5, 5.41) is 2.83. The number of para-hydroxylation sites is 1. The van der Waals surface area contributed by atoms with Crippen LogP contribution in [0.4, 0.5) is 11.4 Å². The van der Waals surface area contributed by atoms with E-state index >= 15 is 0 Å². The summed E-state index contributed by atoms with van der Waals surface area (Å²) in [7, 11) is 0. The molecule has 1 heterocycles. The fourth-order valence-corrected chi connectivity index (χ4v) is 5.53. The second-order valence-electron chi connectivity index (χ2n) is 7.10. The normalized spacial score (nSPS) is 10.5. The second kappa shape index (κ2) is 10.3. The molecule has 0 spiro atoms. The Morgan fingerprint density at radius 2 is 1.33 bits per heavy atom. The lowest BCUT2D eigenvalue weighted by Gasteiger charge is -2.07. The summed E-state index contributed by atoms with van der Waals surface area (Å²) in [5.41, 5.74) is 8.37. The van der Waals surface area contributed by atoms with Gasteiger partial charge < -0.3 is 11.1 Å². The molecule has 0 aliphatic heterocycles. The van der Waals surface area contributed by atoms with Crippen LogP contribution < -0.4 is 11.1 Å². The van der Waals surface area contributed by atoms with Crippen molar-refractivity contribution in [3.8, 4) is 0 Å². The number of hydrogen-bond acceptors (Lipinski definition) is 6. The fourth-order valence-electron chi connectivity index (χ4n) is 3.18. The number of Topliss-reactive ketones (excluding diaryl/α,β-unsaturated/α-hetero) is 1. The van der Waals surface area contributed by atoms with Crippen molar-refractivity contribution in [1.29, 1.82) is 0 Å². The van der Waals surface area contributed by atoms with E-state index in [0.29, 0.717) is 21.0 Å². The minimum Gasteiger partial charge on any atom is -0.397 e. The molecule has 164 valence electrons. The molecule has 0 bridgehead atoms. The zero-order valence-electron chi connectivity index (χ0n) is 17.5. The van der Waals surface area contributed by atoms with Crippen molar-refractivity contribution < 1.29 is 14.4 Å². The van der Waals surface area contributed by atoms with E-state index in [1.54, 1.807) is 60.7 Å². The molecule has 0 fully saturated rings. The molecule has 3 aromatic carbocycles. The molecule has 1 aromatic heterocycles. The van der Waals surface area contributed by atoms with Crippen molar-refractivity contribution in [2.45, 2.75) is 4.21 Å². The first-order valence-corrected chi connectivity index (χ1v) is 11.9. The van der Waals surface area contributed by atoms with E-state index in [9.17, 15) is 14.4 Å². The topological polar surface area (TPSA) is 89.3 Å². The van der Waals surface area contributed by atoms with Gasteiger partial charge in [-0.15, -0.1) is 23.1 Å². The van der Waals surface area contributed by atoms with Crippen LogP contribution in [0.5, 0.6) is 0 Å². The lowest BCUT2D eigenvalue weighted by Crippen LogP contribution is -2.14. The molecule has 4 aromatic rings. The van der Waals surface area contributed by atoms with Gasteiger partial charge in [-0.25, -0.2) is 0 Å². The summed E-state index contributed by atoms with van der Waals surface area (Å²) < 4.78 is 0.532. The summed E-state index contributed by atoms with van der Waals surface area (Å²) in [6.45, 7) is 0. The number of nitrogens with two attached hydrogens (primary N) is 1. The van der Waals surface area contributed by atoms with Crippen molar-refractivity contribution in [2.75, 3.05) is 16.8 Å². The van der Waals surface area contributed by atoms with Crippen LogP contribution in [0.25, 0.3) is 0 Å². The standard InChI is InChI=1S/C26H20N2O3S2/c27-22-21(25(31)28-19-14-8-3-9-15-19)26(32-16-20(29)17-10-4-1-5-11-17)33-24(22)23(30)18-12-6-2-7-13-18/h1-15H,16,27H2,(H,28,31). The molecular weight excluding hydrogens is 452 g/mol. The maximum Gasteiger partial charge on any atom is 0.259 e. The summed E-state index contributed by atoms with van der Waals surface area (Å²) in [5.74, 6) is -0.628. The first kappa shape index (κ1) is 22.5. The largest absolute Gasteiger partial charge is 0.397 e. The fraction of sp³-hybridized carbons (Fsp3) is 0.0385. The number of carbonyl (C=O) groups excluding carboxylic acids is 3. The average molecular weight is 473 g/mol. The average Bonchev–Trinajstić information content (AvgIpc) is 3.19. The number of amides is 1. The summed E-state index contributed by atoms with van der Waals surface area (Å²) >= 11 is 2.35. The van der Waals surface area contributed by atoms with E-state index in [-0.39, 0.29) is 33.4 Å². The third-order valence-corrected chi connectivity index (χ3v) is 7.32. The molecule has 0 aliphatic rings. The number of benzene rings is 3. The van der Waals surface area contributed by atoms with Crippen LogP contribution in [0.3, 0.4) is 0 Å². The Labute approximate surface area is 199 Å². The Hall–Kier alpha value is -3.68. The van der Waals surface area contributed by atoms with Gasteiger partial charge in [0, 0.05) is 16.8 Å². The summed E-state index contributed by atoms with van der Waals surface area (Å²) in [4.78, 5) is 39.2. The molecule has 0 unspecified atom stereocenters. The Balaban J connectivity index is 1.66. The van der Waals surface area contributed by atoms with Crippen molar-refractivity contribution >= 4 is 51.9 Å². The summed E-state index contributed by atoms with van der Waals surface area (Å²) in [6, 6.07) is 26.7. The number of nitrogen functional groups attached to an aromatic ring is 1. The number of ketones is 2. The quantitative estimate of drug-likeness (QED) is 0.250. The van der Waals surface area contributed by atoms with Crippen molar-refractivity contribution in [1.82, 2.24) is 0 Å². The zero-order chi connectivity index (χ0) is 23.2. The maximum absolute atomic E-state index is 13.1. The molecular formula is C26H20N2O3S2. The smallest absolute Gasteiger partial charge is 0.259 e. The van der Waals surface area contributed by atoms with E-state index < -0.39 is 5.91 Å². The van der Waals surface area contributed by atoms with Crippen molar-refractivity contribution in [2.24, 2.45) is 0 Å². The van der Waals surface area contributed by atoms with Gasteiger partial charge in [0.05, 0.1) is 26.1 Å². The molecule has 0 aliphatic carbocycles. The van der Waals surface area contributed by atoms with Crippen molar-refractivity contribution in [3.63, 3.8) is 0 Å². The number of hydrogen-bond donors (Lipinski definition) is 2. The number of thiophene rings is 1. The van der Waals surface area contributed by atoms with E-state index in [1.165, 1.54) is 11.8 Å². The van der Waals surface area contributed by atoms with Gasteiger partial charge in [-0.2, -0.15) is 0 Å². The first-order chi connectivity index (χ1) is 16.0. The third-order valence-electron chi connectivity index (χ3n) is 4.84. The number of nitrogens with one attached hydrogen (secondary N) is 1. The molecule has 33 heavy (non-hydrogen) atoms. The molecule has 0 radical (unpaired) electrons. The highest BCUT2D eigenvalue weighted by Crippen LogP contribution is 2.40. The van der Waals surface area contributed by atoms with Gasteiger partial charge in [0.2, 0.25) is 5.78 Å². The van der Waals surface area contributed by atoms with Crippen LogP contribution in [-0.2, 0) is 0 Å². The van der Waals surface area contributed by atoms with Gasteiger partial charge in [0.25, 0.3) is 5.91 Å².